The number of aliphatic hydroxyl groups is 5. The largest absolute Gasteiger partial charge is 0.466 e. The summed E-state index contributed by atoms with van der Waals surface area (Å²) in [4.78, 5) is 25.0. The second kappa shape index (κ2) is 58.6. The smallest absolute Gasteiger partial charge is 0.305 e. The average molecular weight is 1130 g/mol. The summed E-state index contributed by atoms with van der Waals surface area (Å²) in [7, 11) is 0. The first kappa shape index (κ1) is 75.9. The molecule has 0 spiro atoms. The third-order valence-corrected chi connectivity index (χ3v) is 16.2. The van der Waals surface area contributed by atoms with Crippen LogP contribution in [0.15, 0.2) is 36.5 Å². The molecule has 0 aromatic rings. The van der Waals surface area contributed by atoms with Gasteiger partial charge in [-0.2, -0.15) is 0 Å². The molecule has 7 unspecified atom stereocenters. The van der Waals surface area contributed by atoms with Crippen molar-refractivity contribution in [3.05, 3.63) is 36.5 Å². The van der Waals surface area contributed by atoms with Gasteiger partial charge in [-0.25, -0.2) is 0 Å². The molecule has 0 radical (unpaired) electrons. The number of rotatable bonds is 60. The van der Waals surface area contributed by atoms with Crippen LogP contribution in [0.25, 0.3) is 0 Å². The fraction of sp³-hybridized carbons (Fsp3) is 0.884. The summed E-state index contributed by atoms with van der Waals surface area (Å²) < 4.78 is 16.7. The lowest BCUT2D eigenvalue weighted by Crippen LogP contribution is -2.60. The topological polar surface area (TPSA) is 175 Å². The highest BCUT2D eigenvalue weighted by Gasteiger charge is 2.44. The van der Waals surface area contributed by atoms with Crippen LogP contribution in [0.5, 0.6) is 0 Å². The summed E-state index contributed by atoms with van der Waals surface area (Å²) >= 11 is 0. The Morgan fingerprint density at radius 3 is 1.26 bits per heavy atom. The molecule has 7 atom stereocenters. The van der Waals surface area contributed by atoms with Crippen LogP contribution in [0.3, 0.4) is 0 Å². The normalized spacial score (nSPS) is 18.5. The molecule has 0 aliphatic carbocycles. The maximum absolute atomic E-state index is 13.0. The minimum Gasteiger partial charge on any atom is -0.466 e. The standard InChI is InChI=1S/C69H129NO10/c1-3-5-7-9-11-13-36-41-45-49-53-57-65(74)78-58-54-50-46-42-38-35-33-31-29-27-25-23-21-19-17-15-16-18-20-22-24-26-28-30-32-34-37-40-44-48-52-56-64(73)70-61(60-79-69-68(77)67(76)66(75)63(59-71)80-69)62(72)55-51-47-43-39-14-12-10-8-6-4-2/h17,19,23,25,51,55,61-63,66-69,71-72,75-77H,3-16,18,20-22,24,26-50,52-54,56-60H2,1-2H3,(H,70,73)/b19-17-,25-23-,55-51+. The third-order valence-electron chi connectivity index (χ3n) is 16.2. The van der Waals surface area contributed by atoms with Crippen molar-refractivity contribution in [2.75, 3.05) is 19.8 Å². The zero-order chi connectivity index (χ0) is 58.0. The van der Waals surface area contributed by atoms with E-state index < -0.39 is 49.5 Å². The van der Waals surface area contributed by atoms with Crippen LogP contribution in [0.2, 0.25) is 0 Å². The molecular formula is C69H129NO10. The van der Waals surface area contributed by atoms with Gasteiger partial charge in [0.15, 0.2) is 6.29 Å². The van der Waals surface area contributed by atoms with Crippen LogP contribution < -0.4 is 5.32 Å². The molecule has 11 heteroatoms. The first-order chi connectivity index (χ1) is 39.2. The molecule has 1 rings (SSSR count). The fourth-order valence-corrected chi connectivity index (χ4v) is 10.8. The van der Waals surface area contributed by atoms with Crippen LogP contribution in [-0.4, -0.2) is 100 Å². The molecule has 1 fully saturated rings. The Hall–Kier alpha value is -2.12. The Morgan fingerprint density at radius 1 is 0.463 bits per heavy atom. The second-order valence-electron chi connectivity index (χ2n) is 23.9. The number of hydrogen-bond donors (Lipinski definition) is 6. The van der Waals surface area contributed by atoms with E-state index in [4.69, 9.17) is 14.2 Å². The highest BCUT2D eigenvalue weighted by atomic mass is 16.7. The van der Waals surface area contributed by atoms with E-state index in [0.29, 0.717) is 19.4 Å². The monoisotopic (exact) mass is 1130 g/mol. The molecule has 1 aliphatic heterocycles. The van der Waals surface area contributed by atoms with E-state index in [0.717, 1.165) is 64.2 Å². The molecule has 80 heavy (non-hydrogen) atoms. The number of aliphatic hydroxyl groups excluding tert-OH is 5. The summed E-state index contributed by atoms with van der Waals surface area (Å²) in [5, 5.41) is 54.3. The zero-order valence-corrected chi connectivity index (χ0v) is 52.1. The number of carbonyl (C=O) groups is 2. The zero-order valence-electron chi connectivity index (χ0n) is 52.1. The number of unbranched alkanes of at least 4 members (excludes halogenated alkanes) is 42. The van der Waals surface area contributed by atoms with E-state index in [1.54, 1.807) is 6.08 Å². The molecule has 1 aliphatic rings. The van der Waals surface area contributed by atoms with E-state index in [1.807, 2.05) is 6.08 Å². The molecular weight excluding hydrogens is 1000 g/mol. The van der Waals surface area contributed by atoms with Crippen molar-refractivity contribution in [1.29, 1.82) is 0 Å². The minimum atomic E-state index is -1.57. The predicted octanol–water partition coefficient (Wildman–Crippen LogP) is 17.0. The predicted molar refractivity (Wildman–Crippen MR) is 334 cm³/mol. The van der Waals surface area contributed by atoms with Gasteiger partial charge in [-0.15, -0.1) is 0 Å². The molecule has 470 valence electrons. The Morgan fingerprint density at radius 2 is 0.838 bits per heavy atom. The lowest BCUT2D eigenvalue weighted by Gasteiger charge is -2.40. The molecule has 11 nitrogen and oxygen atoms in total. The molecule has 1 saturated heterocycles. The average Bonchev–Trinajstić information content (AvgIpc) is 3.47. The lowest BCUT2D eigenvalue weighted by atomic mass is 9.99. The quantitative estimate of drug-likeness (QED) is 0.0195. The Kier molecular flexibility index (Phi) is 55.6. The van der Waals surface area contributed by atoms with Crippen molar-refractivity contribution in [3.63, 3.8) is 0 Å². The summed E-state index contributed by atoms with van der Waals surface area (Å²) in [5.74, 6) is -0.176. The first-order valence-corrected chi connectivity index (χ1v) is 34.3. The number of nitrogens with one attached hydrogen (secondary N) is 1. The van der Waals surface area contributed by atoms with Gasteiger partial charge in [0.05, 0.1) is 32.0 Å². The highest BCUT2D eigenvalue weighted by molar-refractivity contribution is 5.76. The van der Waals surface area contributed by atoms with Gasteiger partial charge >= 0.3 is 5.97 Å². The van der Waals surface area contributed by atoms with Crippen LogP contribution in [-0.2, 0) is 23.8 Å². The Bertz CT molecular complexity index is 1420. The van der Waals surface area contributed by atoms with Crippen LogP contribution in [0.1, 0.15) is 328 Å². The maximum Gasteiger partial charge on any atom is 0.305 e. The summed E-state index contributed by atoms with van der Waals surface area (Å²) in [6.07, 6.45) is 64.2. The highest BCUT2D eigenvalue weighted by Crippen LogP contribution is 2.23. The third kappa shape index (κ3) is 47.3. The number of ether oxygens (including phenoxy) is 3. The summed E-state index contributed by atoms with van der Waals surface area (Å²) in [6.45, 7) is 4.34. The first-order valence-electron chi connectivity index (χ1n) is 34.3. The van der Waals surface area contributed by atoms with Gasteiger partial charge in [0.25, 0.3) is 0 Å². The number of amides is 1. The van der Waals surface area contributed by atoms with E-state index in [2.05, 4.69) is 43.5 Å². The van der Waals surface area contributed by atoms with Crippen molar-refractivity contribution in [2.45, 2.75) is 371 Å². The van der Waals surface area contributed by atoms with Crippen LogP contribution in [0, 0.1) is 0 Å². The minimum absolute atomic E-state index is 0.00502. The van der Waals surface area contributed by atoms with Crippen molar-refractivity contribution < 1.29 is 49.3 Å². The van der Waals surface area contributed by atoms with Gasteiger partial charge in [-0.3, -0.25) is 9.59 Å². The summed E-state index contributed by atoms with van der Waals surface area (Å²) in [5.41, 5.74) is 0. The van der Waals surface area contributed by atoms with Gasteiger partial charge in [0, 0.05) is 12.8 Å². The van der Waals surface area contributed by atoms with E-state index in [1.165, 1.54) is 238 Å². The number of allylic oxidation sites excluding steroid dienone is 5. The summed E-state index contributed by atoms with van der Waals surface area (Å²) in [6, 6.07) is -0.808. The fourth-order valence-electron chi connectivity index (χ4n) is 10.8. The molecule has 0 saturated carbocycles. The van der Waals surface area contributed by atoms with Crippen LogP contribution in [0.4, 0.5) is 0 Å². The Balaban J connectivity index is 1.96. The molecule has 0 aromatic heterocycles. The molecule has 0 bridgehead atoms. The van der Waals surface area contributed by atoms with Crippen molar-refractivity contribution >= 4 is 11.9 Å². The molecule has 0 aromatic carbocycles. The number of carbonyl (C=O) groups excluding carboxylic acids is 2. The molecule has 1 heterocycles. The van der Waals surface area contributed by atoms with Crippen molar-refractivity contribution in [1.82, 2.24) is 5.32 Å². The van der Waals surface area contributed by atoms with Crippen LogP contribution >= 0.6 is 0 Å². The number of esters is 1. The van der Waals surface area contributed by atoms with Gasteiger partial charge in [0.2, 0.25) is 5.91 Å². The maximum atomic E-state index is 13.0. The number of hydrogen-bond acceptors (Lipinski definition) is 10. The van der Waals surface area contributed by atoms with Gasteiger partial charge < -0.3 is 45.1 Å². The van der Waals surface area contributed by atoms with Gasteiger partial charge in [-0.05, 0) is 64.2 Å². The van der Waals surface area contributed by atoms with E-state index in [9.17, 15) is 35.1 Å². The van der Waals surface area contributed by atoms with E-state index >= 15 is 0 Å². The second-order valence-corrected chi connectivity index (χ2v) is 23.9. The van der Waals surface area contributed by atoms with Crippen molar-refractivity contribution in [2.24, 2.45) is 0 Å². The Labute approximate surface area is 492 Å². The SMILES string of the molecule is CCCCCCCCCC/C=C/C(O)C(COC1OC(CO)C(O)C(O)C1O)NC(=O)CCCCCCCCCCCCCCCCC/C=C\C/C=C\CCCCCCCCCCCOC(=O)CCCCCCCCCCCCC. The lowest BCUT2D eigenvalue weighted by molar-refractivity contribution is -0.302. The van der Waals surface area contributed by atoms with Gasteiger partial charge in [-0.1, -0.05) is 288 Å². The molecule has 1 amide bonds. The van der Waals surface area contributed by atoms with Gasteiger partial charge in [0.1, 0.15) is 24.4 Å². The molecule has 6 N–H and O–H groups in total. The van der Waals surface area contributed by atoms with E-state index in [-0.39, 0.29) is 18.5 Å². The van der Waals surface area contributed by atoms with Crippen molar-refractivity contribution in [3.8, 4) is 0 Å².